The standard InChI is InChI=1S/C73H126O12/c1-4-7-10-13-16-19-22-25-28-31-33-36-38-41-44-47-50-53-56-59-65(74)81-62-64(83-66(75)60-57-54-51-48-45-42-39-35-30-27-24-21-18-15-12-9-6-3)63-82-73-71(69(78)68(77)70(85-73)72(79)80)84-67(76)61-58-55-52-49-46-43-40-37-34-32-29-26-23-20-17-14-11-8-5-2/h16-17,19-20,25-30,33,36,64,68-71,73,77-78H,4-15,18,21-24,31-32,34-35,37-63H2,1-3H3,(H,79,80)/b19-16-,20-17-,28-25-,29-26-,30-27-,36-33-. The SMILES string of the molecule is CCCCC/C=C\C/C=C\C/C=C\CCCCCCCCC(=O)OCC(COC1OC(C(=O)O)C(O)C(O)C1OC(=O)CCCCCCCCCCC/C=C\C/C=C\CCCCC)OC(=O)CCCCCCCCC/C=C\CCCCCCCC. The molecule has 490 valence electrons. The van der Waals surface area contributed by atoms with Gasteiger partial charge in [0.2, 0.25) is 0 Å². The van der Waals surface area contributed by atoms with Crippen molar-refractivity contribution in [2.24, 2.45) is 0 Å². The monoisotopic (exact) mass is 1190 g/mol. The lowest BCUT2D eigenvalue weighted by molar-refractivity contribution is -0.301. The number of esters is 3. The first kappa shape index (κ1) is 79.2. The van der Waals surface area contributed by atoms with E-state index in [0.717, 1.165) is 122 Å². The van der Waals surface area contributed by atoms with Crippen molar-refractivity contribution >= 4 is 23.9 Å². The highest BCUT2D eigenvalue weighted by Crippen LogP contribution is 2.27. The van der Waals surface area contributed by atoms with Crippen LogP contribution in [0.15, 0.2) is 72.9 Å². The Hall–Kier alpha value is -3.84. The van der Waals surface area contributed by atoms with Gasteiger partial charge in [-0.15, -0.1) is 0 Å². The molecule has 0 amide bonds. The molecule has 12 nitrogen and oxygen atoms in total. The van der Waals surface area contributed by atoms with Crippen LogP contribution in [-0.4, -0.2) is 89.2 Å². The molecule has 3 N–H and O–H groups in total. The van der Waals surface area contributed by atoms with E-state index in [4.69, 9.17) is 23.7 Å². The Bertz CT molecular complexity index is 1750. The smallest absolute Gasteiger partial charge is 0.335 e. The molecule has 1 aliphatic heterocycles. The van der Waals surface area contributed by atoms with Crippen LogP contribution in [0.1, 0.15) is 316 Å². The number of carbonyl (C=O) groups excluding carboxylic acids is 3. The van der Waals surface area contributed by atoms with Gasteiger partial charge in [-0.25, -0.2) is 4.79 Å². The van der Waals surface area contributed by atoms with E-state index in [-0.39, 0.29) is 25.9 Å². The summed E-state index contributed by atoms with van der Waals surface area (Å²) < 4.78 is 28.6. The van der Waals surface area contributed by atoms with E-state index in [2.05, 4.69) is 93.7 Å². The Morgan fingerprint density at radius 1 is 0.388 bits per heavy atom. The maximum absolute atomic E-state index is 13.2. The summed E-state index contributed by atoms with van der Waals surface area (Å²) in [5.74, 6) is -3.13. The fraction of sp³-hybridized carbons (Fsp3) is 0.781. The number of carboxylic acid groups (broad SMARTS) is 1. The Kier molecular flexibility index (Phi) is 56.3. The highest BCUT2D eigenvalue weighted by molar-refractivity contribution is 5.74. The van der Waals surface area contributed by atoms with E-state index in [0.29, 0.717) is 19.3 Å². The maximum Gasteiger partial charge on any atom is 0.335 e. The van der Waals surface area contributed by atoms with Gasteiger partial charge in [-0.05, 0) is 116 Å². The lowest BCUT2D eigenvalue weighted by atomic mass is 9.98. The van der Waals surface area contributed by atoms with Crippen molar-refractivity contribution in [1.29, 1.82) is 0 Å². The Labute approximate surface area is 518 Å². The molecule has 1 rings (SSSR count). The fourth-order valence-electron chi connectivity index (χ4n) is 10.3. The van der Waals surface area contributed by atoms with Crippen LogP contribution >= 0.6 is 0 Å². The summed E-state index contributed by atoms with van der Waals surface area (Å²) in [6.07, 6.45) is 65.6. The number of carboxylic acids is 1. The molecule has 0 radical (unpaired) electrons. The molecule has 6 atom stereocenters. The number of allylic oxidation sites excluding steroid dienone is 12. The number of hydrogen-bond acceptors (Lipinski definition) is 11. The van der Waals surface area contributed by atoms with Crippen LogP contribution in [-0.2, 0) is 42.9 Å². The van der Waals surface area contributed by atoms with Gasteiger partial charge >= 0.3 is 23.9 Å². The van der Waals surface area contributed by atoms with E-state index in [9.17, 15) is 34.5 Å². The molecule has 1 saturated heterocycles. The van der Waals surface area contributed by atoms with Crippen LogP contribution in [0.2, 0.25) is 0 Å². The summed E-state index contributed by atoms with van der Waals surface area (Å²) in [6.45, 7) is 5.97. The summed E-state index contributed by atoms with van der Waals surface area (Å²) in [5, 5.41) is 31.7. The van der Waals surface area contributed by atoms with Crippen LogP contribution in [0.3, 0.4) is 0 Å². The number of carbonyl (C=O) groups is 4. The van der Waals surface area contributed by atoms with Gasteiger partial charge in [-0.1, -0.05) is 254 Å². The molecule has 12 heteroatoms. The van der Waals surface area contributed by atoms with Gasteiger partial charge in [0.05, 0.1) is 6.61 Å². The second-order valence-corrected chi connectivity index (χ2v) is 23.8. The van der Waals surface area contributed by atoms with Crippen molar-refractivity contribution in [3.63, 3.8) is 0 Å². The van der Waals surface area contributed by atoms with E-state index in [1.165, 1.54) is 135 Å². The fourth-order valence-corrected chi connectivity index (χ4v) is 10.3. The molecule has 1 fully saturated rings. The van der Waals surface area contributed by atoms with E-state index < -0.39 is 67.3 Å². The summed E-state index contributed by atoms with van der Waals surface area (Å²) in [7, 11) is 0. The Morgan fingerprint density at radius 2 is 0.706 bits per heavy atom. The van der Waals surface area contributed by atoms with Crippen molar-refractivity contribution < 1.29 is 58.2 Å². The van der Waals surface area contributed by atoms with Gasteiger partial charge in [-0.3, -0.25) is 14.4 Å². The lowest BCUT2D eigenvalue weighted by Gasteiger charge is -2.40. The molecule has 0 aliphatic carbocycles. The summed E-state index contributed by atoms with van der Waals surface area (Å²) in [5.41, 5.74) is 0. The van der Waals surface area contributed by atoms with E-state index in [1.807, 2.05) is 0 Å². The molecule has 0 aromatic rings. The van der Waals surface area contributed by atoms with Crippen LogP contribution in [0.5, 0.6) is 0 Å². The minimum atomic E-state index is -1.91. The summed E-state index contributed by atoms with van der Waals surface area (Å²) in [4.78, 5) is 51.5. The molecule has 0 spiro atoms. The second kappa shape index (κ2) is 60.4. The summed E-state index contributed by atoms with van der Waals surface area (Å²) >= 11 is 0. The number of aliphatic hydroxyl groups excluding tert-OH is 2. The number of aliphatic hydroxyl groups is 2. The quantitative estimate of drug-likeness (QED) is 0.0228. The number of hydrogen-bond donors (Lipinski definition) is 3. The summed E-state index contributed by atoms with van der Waals surface area (Å²) in [6, 6.07) is 0. The maximum atomic E-state index is 13.2. The minimum absolute atomic E-state index is 0.0532. The molecular weight excluding hydrogens is 1070 g/mol. The number of ether oxygens (including phenoxy) is 5. The molecule has 85 heavy (non-hydrogen) atoms. The van der Waals surface area contributed by atoms with Crippen molar-refractivity contribution in [3.8, 4) is 0 Å². The third-order valence-electron chi connectivity index (χ3n) is 15.7. The van der Waals surface area contributed by atoms with Crippen molar-refractivity contribution in [3.05, 3.63) is 72.9 Å². The third-order valence-corrected chi connectivity index (χ3v) is 15.7. The molecule has 1 heterocycles. The molecule has 1 aliphatic rings. The zero-order chi connectivity index (χ0) is 61.7. The highest BCUT2D eigenvalue weighted by Gasteiger charge is 2.50. The average molecular weight is 1200 g/mol. The third kappa shape index (κ3) is 49.8. The normalized spacial score (nSPS) is 17.9. The predicted molar refractivity (Wildman–Crippen MR) is 349 cm³/mol. The van der Waals surface area contributed by atoms with Gasteiger partial charge in [0.25, 0.3) is 0 Å². The van der Waals surface area contributed by atoms with Gasteiger partial charge < -0.3 is 39.0 Å². The molecular formula is C73H126O12. The van der Waals surface area contributed by atoms with Crippen molar-refractivity contribution in [2.75, 3.05) is 13.2 Å². The molecule has 6 unspecified atom stereocenters. The Morgan fingerprint density at radius 3 is 1.11 bits per heavy atom. The first-order valence-electron chi connectivity index (χ1n) is 34.9. The van der Waals surface area contributed by atoms with Crippen LogP contribution in [0, 0.1) is 0 Å². The molecule has 0 bridgehead atoms. The first-order chi connectivity index (χ1) is 41.6. The van der Waals surface area contributed by atoms with Gasteiger partial charge in [0.1, 0.15) is 18.8 Å². The van der Waals surface area contributed by atoms with Crippen molar-refractivity contribution in [2.45, 2.75) is 353 Å². The van der Waals surface area contributed by atoms with Crippen molar-refractivity contribution in [1.82, 2.24) is 0 Å². The lowest BCUT2D eigenvalue weighted by Crippen LogP contribution is -2.61. The zero-order valence-electron chi connectivity index (χ0n) is 54.3. The van der Waals surface area contributed by atoms with E-state index >= 15 is 0 Å². The minimum Gasteiger partial charge on any atom is -0.479 e. The molecule has 0 aromatic heterocycles. The molecule has 0 aromatic carbocycles. The molecule has 0 saturated carbocycles. The number of unbranched alkanes of at least 4 members (excludes halogenated alkanes) is 34. The predicted octanol–water partition coefficient (Wildman–Crippen LogP) is 19.2. The topological polar surface area (TPSA) is 175 Å². The number of rotatable bonds is 60. The van der Waals surface area contributed by atoms with Crippen LogP contribution in [0.25, 0.3) is 0 Å². The van der Waals surface area contributed by atoms with Gasteiger partial charge in [0.15, 0.2) is 24.6 Å². The van der Waals surface area contributed by atoms with Gasteiger partial charge in [0, 0.05) is 19.3 Å². The zero-order valence-corrected chi connectivity index (χ0v) is 54.3. The largest absolute Gasteiger partial charge is 0.479 e. The van der Waals surface area contributed by atoms with Gasteiger partial charge in [-0.2, -0.15) is 0 Å². The van der Waals surface area contributed by atoms with E-state index in [1.54, 1.807) is 0 Å². The van der Waals surface area contributed by atoms with Crippen LogP contribution < -0.4 is 0 Å². The average Bonchev–Trinajstić information content (AvgIpc) is 3.51. The number of aliphatic carboxylic acids is 1. The Balaban J connectivity index is 2.65. The highest BCUT2D eigenvalue weighted by atomic mass is 16.7. The van der Waals surface area contributed by atoms with Crippen LogP contribution in [0.4, 0.5) is 0 Å². The first-order valence-corrected chi connectivity index (χ1v) is 34.9. The second-order valence-electron chi connectivity index (χ2n) is 23.8.